The second-order valence-corrected chi connectivity index (χ2v) is 17.1. The predicted molar refractivity (Wildman–Crippen MR) is 245 cm³/mol. The van der Waals surface area contributed by atoms with Gasteiger partial charge in [-0.05, 0) is 134 Å². The molecule has 2 aliphatic carbocycles. The number of hydrogen-bond acceptors (Lipinski definition) is 1. The van der Waals surface area contributed by atoms with Gasteiger partial charge in [-0.25, -0.2) is 0 Å². The summed E-state index contributed by atoms with van der Waals surface area (Å²) in [6, 6.07) is 72.8. The van der Waals surface area contributed by atoms with Gasteiger partial charge in [-0.3, -0.25) is 0 Å². The summed E-state index contributed by atoms with van der Waals surface area (Å²) < 4.78 is 0. The minimum absolute atomic E-state index is 0.0470. The number of para-hydroxylation sites is 1. The van der Waals surface area contributed by atoms with Crippen LogP contribution in [0, 0.1) is 0 Å². The fourth-order valence-electron chi connectivity index (χ4n) is 9.89. The largest absolute Gasteiger partial charge is 0.310 e. The summed E-state index contributed by atoms with van der Waals surface area (Å²) in [6.07, 6.45) is 4.89. The smallest absolute Gasteiger partial charge is 0.0714 e. The van der Waals surface area contributed by atoms with Gasteiger partial charge < -0.3 is 4.90 Å². The maximum absolute atomic E-state index is 2.52. The molecule has 0 unspecified atom stereocenters. The summed E-state index contributed by atoms with van der Waals surface area (Å²) in [5.41, 5.74) is 20.1. The molecule has 8 aromatic carbocycles. The molecule has 2 aliphatic rings. The third kappa shape index (κ3) is 6.00. The molecule has 1 nitrogen and oxygen atoms in total. The van der Waals surface area contributed by atoms with Crippen LogP contribution in [0.15, 0.2) is 194 Å². The minimum Gasteiger partial charge on any atom is -0.310 e. The topological polar surface area (TPSA) is 3.24 Å². The van der Waals surface area contributed by atoms with Gasteiger partial charge in [0, 0.05) is 16.9 Å². The van der Waals surface area contributed by atoms with Crippen LogP contribution in [0.25, 0.3) is 33.4 Å². The molecular weight excluding hydrogens is 699 g/mol. The van der Waals surface area contributed by atoms with E-state index in [0.29, 0.717) is 0 Å². The second-order valence-electron chi connectivity index (χ2n) is 17.1. The van der Waals surface area contributed by atoms with E-state index in [1.807, 2.05) is 0 Å². The number of nitrogens with zero attached hydrogens (tertiary/aromatic N) is 1. The van der Waals surface area contributed by atoms with Crippen LogP contribution in [0.4, 0.5) is 17.1 Å². The van der Waals surface area contributed by atoms with Crippen LogP contribution in [0.5, 0.6) is 0 Å². The van der Waals surface area contributed by atoms with E-state index in [0.717, 1.165) is 23.5 Å². The van der Waals surface area contributed by atoms with E-state index in [9.17, 15) is 0 Å². The van der Waals surface area contributed by atoms with Gasteiger partial charge in [-0.1, -0.05) is 178 Å². The Bertz CT molecular complexity index is 2680. The van der Waals surface area contributed by atoms with Crippen molar-refractivity contribution < 1.29 is 0 Å². The van der Waals surface area contributed by atoms with E-state index < -0.39 is 5.41 Å². The third-order valence-corrected chi connectivity index (χ3v) is 12.7. The van der Waals surface area contributed by atoms with Crippen LogP contribution in [0.1, 0.15) is 72.6 Å². The average Bonchev–Trinajstić information content (AvgIpc) is 3.57. The quantitative estimate of drug-likeness (QED) is 0.157. The first-order valence-corrected chi connectivity index (χ1v) is 21.0. The van der Waals surface area contributed by atoms with Crippen molar-refractivity contribution in [3.05, 3.63) is 233 Å². The van der Waals surface area contributed by atoms with Crippen molar-refractivity contribution in [2.24, 2.45) is 0 Å². The Kier molecular flexibility index (Phi) is 8.98. The maximum atomic E-state index is 2.52. The Morgan fingerprint density at radius 2 is 0.983 bits per heavy atom. The van der Waals surface area contributed by atoms with Crippen molar-refractivity contribution >= 4 is 17.1 Å². The minimum atomic E-state index is -0.517. The Morgan fingerprint density at radius 3 is 1.64 bits per heavy atom. The van der Waals surface area contributed by atoms with Crippen molar-refractivity contribution in [2.75, 3.05) is 4.90 Å². The molecule has 1 heteroatoms. The lowest BCUT2D eigenvalue weighted by molar-refractivity contribution is 0.590. The van der Waals surface area contributed by atoms with E-state index in [1.165, 1.54) is 91.6 Å². The van der Waals surface area contributed by atoms with Crippen molar-refractivity contribution in [2.45, 2.75) is 57.3 Å². The fraction of sp³-hybridized carbons (Fsp3) is 0.158. The van der Waals surface area contributed by atoms with Crippen molar-refractivity contribution in [1.82, 2.24) is 0 Å². The molecule has 0 atom stereocenters. The zero-order chi connectivity index (χ0) is 39.3. The summed E-state index contributed by atoms with van der Waals surface area (Å²) in [7, 11) is 0. The van der Waals surface area contributed by atoms with E-state index in [2.05, 4.69) is 220 Å². The molecule has 0 fully saturated rings. The number of fused-ring (bicyclic) bond motifs is 4. The monoisotopic (exact) mass is 747 g/mol. The highest BCUT2D eigenvalue weighted by atomic mass is 15.1. The average molecular weight is 748 g/mol. The summed E-state index contributed by atoms with van der Waals surface area (Å²) in [6.45, 7) is 6.86. The predicted octanol–water partition coefficient (Wildman–Crippen LogP) is 15.0. The highest BCUT2D eigenvalue weighted by Crippen LogP contribution is 2.59. The molecule has 0 saturated carbocycles. The molecule has 0 heterocycles. The molecule has 0 aromatic heterocycles. The van der Waals surface area contributed by atoms with Gasteiger partial charge in [0.2, 0.25) is 0 Å². The van der Waals surface area contributed by atoms with E-state index >= 15 is 0 Å². The van der Waals surface area contributed by atoms with Crippen LogP contribution in [0.3, 0.4) is 0 Å². The molecular formula is C57H49N. The number of rotatable bonds is 7. The third-order valence-electron chi connectivity index (χ3n) is 12.7. The van der Waals surface area contributed by atoms with Gasteiger partial charge in [0.1, 0.15) is 0 Å². The molecule has 0 radical (unpaired) electrons. The Hall–Kier alpha value is -6.44. The molecule has 0 amide bonds. The van der Waals surface area contributed by atoms with Crippen LogP contribution >= 0.6 is 0 Å². The molecule has 0 N–H and O–H groups in total. The molecule has 282 valence electrons. The summed E-state index contributed by atoms with van der Waals surface area (Å²) in [4.78, 5) is 2.48. The zero-order valence-electron chi connectivity index (χ0n) is 33.8. The van der Waals surface area contributed by atoms with Gasteiger partial charge in [0.25, 0.3) is 0 Å². The van der Waals surface area contributed by atoms with Crippen molar-refractivity contribution in [3.8, 4) is 33.4 Å². The lowest BCUT2D eigenvalue weighted by Gasteiger charge is -2.35. The second kappa shape index (κ2) is 14.5. The van der Waals surface area contributed by atoms with Gasteiger partial charge in [0.05, 0.1) is 11.1 Å². The molecule has 10 rings (SSSR count). The summed E-state index contributed by atoms with van der Waals surface area (Å²) in [5.74, 6) is 0. The maximum Gasteiger partial charge on any atom is 0.0714 e. The van der Waals surface area contributed by atoms with Gasteiger partial charge in [-0.15, -0.1) is 0 Å². The van der Waals surface area contributed by atoms with E-state index in [-0.39, 0.29) is 5.41 Å². The zero-order valence-corrected chi connectivity index (χ0v) is 33.8. The summed E-state index contributed by atoms with van der Waals surface area (Å²) in [5, 5.41) is 0. The van der Waals surface area contributed by atoms with Crippen LogP contribution in [-0.4, -0.2) is 0 Å². The first-order chi connectivity index (χ1) is 28.4. The van der Waals surface area contributed by atoms with Gasteiger partial charge >= 0.3 is 0 Å². The standard InChI is InChI=1S/C57H49N/c1-56(2,3)43-34-36-47(37-35-43)58(46-24-11-6-12-25-46)55-39-54-52(38-51(55)42-32-30-41(31-33-42)49-28-17-19-40-18-13-14-26-48(40)49)50-27-15-16-29-53(50)57(54,44-20-7-4-8-21-44)45-22-9-5-10-23-45/h4-12,15-17,19-25,27-39H,13-14,18,26H2,1-3H3. The van der Waals surface area contributed by atoms with Crippen LogP contribution in [-0.2, 0) is 23.7 Å². The van der Waals surface area contributed by atoms with Crippen molar-refractivity contribution in [1.29, 1.82) is 0 Å². The Labute approximate surface area is 344 Å². The number of benzene rings is 8. The number of aryl methyl sites for hydroxylation is 1. The van der Waals surface area contributed by atoms with Crippen LogP contribution in [0.2, 0.25) is 0 Å². The lowest BCUT2D eigenvalue weighted by atomic mass is 9.67. The first-order valence-electron chi connectivity index (χ1n) is 21.0. The van der Waals surface area contributed by atoms with Gasteiger partial charge in [0.15, 0.2) is 0 Å². The number of anilines is 3. The Morgan fingerprint density at radius 1 is 0.431 bits per heavy atom. The van der Waals surface area contributed by atoms with Gasteiger partial charge in [-0.2, -0.15) is 0 Å². The molecule has 0 spiro atoms. The summed E-state index contributed by atoms with van der Waals surface area (Å²) >= 11 is 0. The molecule has 0 bridgehead atoms. The van der Waals surface area contributed by atoms with Crippen molar-refractivity contribution in [3.63, 3.8) is 0 Å². The number of hydrogen-bond donors (Lipinski definition) is 0. The molecule has 8 aromatic rings. The van der Waals surface area contributed by atoms with Crippen LogP contribution < -0.4 is 4.90 Å². The van der Waals surface area contributed by atoms with E-state index in [1.54, 1.807) is 0 Å². The normalized spacial score (nSPS) is 14.0. The highest BCUT2D eigenvalue weighted by Gasteiger charge is 2.46. The fourth-order valence-corrected chi connectivity index (χ4v) is 9.89. The SMILES string of the molecule is CC(C)(C)c1ccc(N(c2ccccc2)c2cc3c(cc2-c2ccc(-c4cccc5c4CCCC5)cc2)-c2ccccc2C3(c2ccccc2)c2ccccc2)cc1. The first kappa shape index (κ1) is 35.9. The van der Waals surface area contributed by atoms with E-state index in [4.69, 9.17) is 0 Å². The molecule has 0 aliphatic heterocycles. The highest BCUT2D eigenvalue weighted by molar-refractivity contribution is 5.97. The lowest BCUT2D eigenvalue weighted by Crippen LogP contribution is -2.28. The molecule has 0 saturated heterocycles. The molecule has 58 heavy (non-hydrogen) atoms. The Balaban J connectivity index is 1.26.